The van der Waals surface area contributed by atoms with E-state index in [1.54, 1.807) is 68.9 Å². The molecule has 1 fully saturated rings. The monoisotopic (exact) mass is 627 g/mol. The van der Waals surface area contributed by atoms with Gasteiger partial charge >= 0.3 is 18.0 Å². The lowest BCUT2D eigenvalue weighted by atomic mass is 10.0. The minimum absolute atomic E-state index is 0.0260. The number of carbonyl (C=O) groups excluding carboxylic acids is 1. The molecular formula is C28H33ClF3N5O4S. The fourth-order valence-electron chi connectivity index (χ4n) is 5.03. The first-order valence-electron chi connectivity index (χ1n) is 13.3. The first-order valence-corrected chi connectivity index (χ1v) is 14.7. The number of piperazine rings is 1. The van der Waals surface area contributed by atoms with Crippen LogP contribution in [0, 0.1) is 0 Å². The molecule has 0 spiro atoms. The van der Waals surface area contributed by atoms with Gasteiger partial charge < -0.3 is 19.7 Å². The first-order chi connectivity index (χ1) is 19.6. The highest BCUT2D eigenvalue weighted by Crippen LogP contribution is 2.45. The second-order valence-electron chi connectivity index (χ2n) is 11.3. The Balaban J connectivity index is 1.77. The van der Waals surface area contributed by atoms with Crippen molar-refractivity contribution in [2.24, 2.45) is 0 Å². The number of amides is 1. The molecule has 0 saturated carbocycles. The van der Waals surface area contributed by atoms with Crippen LogP contribution >= 0.6 is 23.4 Å². The van der Waals surface area contributed by atoms with Crippen molar-refractivity contribution in [2.75, 3.05) is 30.3 Å². The van der Waals surface area contributed by atoms with Crippen molar-refractivity contribution in [1.29, 1.82) is 0 Å². The molecule has 3 heterocycles. The summed E-state index contributed by atoms with van der Waals surface area (Å²) in [6, 6.07) is 3.58. The van der Waals surface area contributed by atoms with E-state index in [-0.39, 0.29) is 47.1 Å². The maximum absolute atomic E-state index is 14.2. The van der Waals surface area contributed by atoms with Crippen molar-refractivity contribution in [3.8, 4) is 0 Å². The number of alkyl halides is 3. The van der Waals surface area contributed by atoms with Crippen molar-refractivity contribution in [2.45, 2.75) is 69.3 Å². The molecule has 2 aromatic heterocycles. The largest absolute Gasteiger partial charge is 0.444 e. The Bertz CT molecular complexity index is 1490. The molecule has 2 N–H and O–H groups in total. The second-order valence-corrected chi connectivity index (χ2v) is 12.7. The number of hydrogen-bond acceptors (Lipinski definition) is 8. The number of hydrogen-bond donors (Lipinski definition) is 2. The molecule has 1 aliphatic heterocycles. The molecule has 1 unspecified atom stereocenters. The number of ether oxygens (including phenoxy) is 1. The van der Waals surface area contributed by atoms with Crippen LogP contribution in [0.4, 0.5) is 23.8 Å². The number of carbonyl (C=O) groups is 1. The van der Waals surface area contributed by atoms with E-state index in [2.05, 4.69) is 15.0 Å². The molecule has 1 aromatic carbocycles. The normalized spacial score (nSPS) is 18.8. The summed E-state index contributed by atoms with van der Waals surface area (Å²) in [5.41, 5.74) is -1.70. The van der Waals surface area contributed by atoms with Gasteiger partial charge in [0.1, 0.15) is 11.4 Å². The number of aromatic nitrogens is 3. The molecule has 9 nitrogen and oxygen atoms in total. The fraction of sp³-hybridized carbons (Fsp3) is 0.500. The summed E-state index contributed by atoms with van der Waals surface area (Å²) in [5.74, 6) is -0.216. The average Bonchev–Trinajstić information content (AvgIpc) is 2.88. The number of H-pyrrole nitrogens is 1. The number of nitrogens with zero attached hydrogens (tertiary/aromatic N) is 4. The number of thioether (sulfide) groups is 1. The van der Waals surface area contributed by atoms with Gasteiger partial charge in [-0.25, -0.2) is 9.59 Å². The highest BCUT2D eigenvalue weighted by molar-refractivity contribution is 7.99. The Morgan fingerprint density at radius 1 is 1.26 bits per heavy atom. The number of fused-ring (bicyclic) bond motifs is 1. The number of aliphatic hydroxyl groups is 1. The summed E-state index contributed by atoms with van der Waals surface area (Å²) < 4.78 is 48.3. The molecule has 1 amide bonds. The van der Waals surface area contributed by atoms with Gasteiger partial charge in [-0.3, -0.25) is 9.88 Å². The van der Waals surface area contributed by atoms with Gasteiger partial charge in [-0.1, -0.05) is 17.7 Å². The standard InChI is InChI=1S/C28H33ClF3N5O4S/c1-15-11-36(12-16(2)37(15)26(40)41-27(3,4)5)24-19-9-20(28(30,31)32)21(29)23(22(19)34-25(39)35-24)42-14-18(13-38)17-7-6-8-33-10-17/h6-10,15-16,18,38H,11-14H2,1-5H3,(H,34,35,39)/t15-,16+,18?. The number of aliphatic hydroxyl groups excluding tert-OH is 1. The van der Waals surface area contributed by atoms with Crippen molar-refractivity contribution < 1.29 is 27.8 Å². The lowest BCUT2D eigenvalue weighted by Crippen LogP contribution is -2.59. The average molecular weight is 628 g/mol. The van der Waals surface area contributed by atoms with E-state index in [1.165, 1.54) is 0 Å². The number of benzene rings is 1. The molecule has 3 aromatic rings. The third-order valence-electron chi connectivity index (χ3n) is 6.83. The Hall–Kier alpha value is -3.03. The van der Waals surface area contributed by atoms with Crippen molar-refractivity contribution in [3.63, 3.8) is 0 Å². The summed E-state index contributed by atoms with van der Waals surface area (Å²) in [4.78, 5) is 39.7. The summed E-state index contributed by atoms with van der Waals surface area (Å²) in [6.07, 6.45) is -2.13. The smallest absolute Gasteiger partial charge is 0.417 e. The van der Waals surface area contributed by atoms with Crippen LogP contribution in [0.3, 0.4) is 0 Å². The molecule has 0 bridgehead atoms. The molecular weight excluding hydrogens is 595 g/mol. The second kappa shape index (κ2) is 12.3. The minimum Gasteiger partial charge on any atom is -0.444 e. The summed E-state index contributed by atoms with van der Waals surface area (Å²) in [5, 5.41) is 9.51. The van der Waals surface area contributed by atoms with E-state index in [9.17, 15) is 27.9 Å². The van der Waals surface area contributed by atoms with Gasteiger partial charge in [0.2, 0.25) is 0 Å². The Kier molecular flexibility index (Phi) is 9.34. The molecule has 4 rings (SSSR count). The maximum atomic E-state index is 14.2. The van der Waals surface area contributed by atoms with Crippen LogP contribution in [0.15, 0.2) is 40.3 Å². The zero-order valence-corrected chi connectivity index (χ0v) is 25.4. The summed E-state index contributed by atoms with van der Waals surface area (Å²) >= 11 is 7.36. The fourth-order valence-corrected chi connectivity index (χ4v) is 6.66. The van der Waals surface area contributed by atoms with Crippen LogP contribution in [0.5, 0.6) is 0 Å². The predicted molar refractivity (Wildman–Crippen MR) is 156 cm³/mol. The Labute approximate surface area is 250 Å². The van der Waals surface area contributed by atoms with Crippen LogP contribution in [-0.4, -0.2) is 74.2 Å². The maximum Gasteiger partial charge on any atom is 0.417 e. The molecule has 0 aliphatic carbocycles. The third-order valence-corrected chi connectivity index (χ3v) is 8.61. The van der Waals surface area contributed by atoms with Crippen LogP contribution < -0.4 is 10.6 Å². The van der Waals surface area contributed by atoms with Gasteiger partial charge in [-0.05, 0) is 52.3 Å². The van der Waals surface area contributed by atoms with E-state index < -0.39 is 52.1 Å². The number of halogens is 4. The zero-order valence-electron chi connectivity index (χ0n) is 23.8. The van der Waals surface area contributed by atoms with Crippen molar-refractivity contribution >= 4 is 46.2 Å². The Morgan fingerprint density at radius 2 is 1.93 bits per heavy atom. The zero-order chi connectivity index (χ0) is 31.0. The van der Waals surface area contributed by atoms with Gasteiger partial charge in [0.25, 0.3) is 0 Å². The van der Waals surface area contributed by atoms with E-state index in [0.717, 1.165) is 17.8 Å². The van der Waals surface area contributed by atoms with Gasteiger partial charge in [0.05, 0.1) is 39.7 Å². The molecule has 1 saturated heterocycles. The minimum atomic E-state index is -4.79. The summed E-state index contributed by atoms with van der Waals surface area (Å²) in [7, 11) is 0. The molecule has 14 heteroatoms. The molecule has 3 atom stereocenters. The Morgan fingerprint density at radius 3 is 2.48 bits per heavy atom. The number of aromatic amines is 1. The number of pyridine rings is 1. The van der Waals surface area contributed by atoms with E-state index in [4.69, 9.17) is 16.3 Å². The van der Waals surface area contributed by atoms with E-state index in [0.29, 0.717) is 5.56 Å². The van der Waals surface area contributed by atoms with Gasteiger partial charge in [-0.2, -0.15) is 18.2 Å². The topological polar surface area (TPSA) is 112 Å². The van der Waals surface area contributed by atoms with Crippen LogP contribution in [-0.2, 0) is 10.9 Å². The molecule has 1 aliphatic rings. The third kappa shape index (κ3) is 6.95. The van der Waals surface area contributed by atoms with Gasteiger partial charge in [0.15, 0.2) is 0 Å². The molecule has 228 valence electrons. The highest BCUT2D eigenvalue weighted by atomic mass is 35.5. The number of rotatable bonds is 6. The predicted octanol–water partition coefficient (Wildman–Crippen LogP) is 5.69. The number of nitrogens with one attached hydrogen (secondary N) is 1. The van der Waals surface area contributed by atoms with Crippen LogP contribution in [0.1, 0.15) is 51.7 Å². The van der Waals surface area contributed by atoms with Crippen LogP contribution in [0.25, 0.3) is 10.9 Å². The molecule has 42 heavy (non-hydrogen) atoms. The molecule has 0 radical (unpaired) electrons. The van der Waals surface area contributed by atoms with Gasteiger partial charge in [-0.15, -0.1) is 11.8 Å². The SMILES string of the molecule is C[C@@H]1CN(c2nc(=O)[nH]c3c(SCC(CO)c4cccnc4)c(Cl)c(C(F)(F)F)cc23)C[C@H](C)N1C(=O)OC(C)(C)C. The first kappa shape index (κ1) is 31.9. The van der Waals surface area contributed by atoms with E-state index in [1.807, 2.05) is 0 Å². The van der Waals surface area contributed by atoms with Gasteiger partial charge in [0, 0.05) is 42.5 Å². The highest BCUT2D eigenvalue weighted by Gasteiger charge is 2.39. The van der Waals surface area contributed by atoms with Crippen molar-refractivity contribution in [1.82, 2.24) is 19.9 Å². The lowest BCUT2D eigenvalue weighted by molar-refractivity contribution is -0.137. The van der Waals surface area contributed by atoms with Crippen molar-refractivity contribution in [3.05, 3.63) is 57.2 Å². The van der Waals surface area contributed by atoms with Crippen LogP contribution in [0.2, 0.25) is 5.02 Å². The number of anilines is 1. The van der Waals surface area contributed by atoms with E-state index >= 15 is 0 Å². The quantitative estimate of drug-likeness (QED) is 0.335. The lowest BCUT2D eigenvalue weighted by Gasteiger charge is -2.45. The summed E-state index contributed by atoms with van der Waals surface area (Å²) in [6.45, 7) is 9.03.